The normalized spacial score (nSPS) is 14.7. The van der Waals surface area contributed by atoms with E-state index in [0.29, 0.717) is 12.6 Å². The standard InChI is InChI=1S/C21H28N4O.CH4/c1-16(2)24-10-12-25(13-11-24)21-9-8-20(15-23-21)19-6-4-18(5-7-19)14-22-17(3)26;/h4-9,15-16H,10-14H2,1-3H3,(H,22,26);1H4. The second-order valence-corrected chi connectivity index (χ2v) is 7.13. The summed E-state index contributed by atoms with van der Waals surface area (Å²) in [6.07, 6.45) is 1.95. The highest BCUT2D eigenvalue weighted by atomic mass is 16.1. The lowest BCUT2D eigenvalue weighted by atomic mass is 10.1. The first kappa shape index (κ1) is 20.9. The molecule has 1 aliphatic rings. The molecule has 1 aromatic heterocycles. The van der Waals surface area contributed by atoms with Crippen molar-refractivity contribution in [2.75, 3.05) is 31.1 Å². The first-order valence-electron chi connectivity index (χ1n) is 9.32. The second-order valence-electron chi connectivity index (χ2n) is 7.13. The molecule has 1 N–H and O–H groups in total. The van der Waals surface area contributed by atoms with E-state index in [9.17, 15) is 4.79 Å². The van der Waals surface area contributed by atoms with E-state index in [2.05, 4.69) is 58.2 Å². The average Bonchev–Trinajstić information content (AvgIpc) is 2.67. The molecule has 0 unspecified atom stereocenters. The maximum Gasteiger partial charge on any atom is 0.217 e. The van der Waals surface area contributed by atoms with Crippen molar-refractivity contribution >= 4 is 11.7 Å². The van der Waals surface area contributed by atoms with Crippen molar-refractivity contribution in [2.24, 2.45) is 0 Å². The Morgan fingerprint density at radius 2 is 1.67 bits per heavy atom. The molecule has 146 valence electrons. The van der Waals surface area contributed by atoms with Crippen molar-refractivity contribution in [2.45, 2.75) is 40.8 Å². The monoisotopic (exact) mass is 368 g/mol. The minimum atomic E-state index is -0.0110. The van der Waals surface area contributed by atoms with Crippen molar-refractivity contribution in [3.8, 4) is 11.1 Å². The summed E-state index contributed by atoms with van der Waals surface area (Å²) in [5.74, 6) is 1.04. The Morgan fingerprint density at radius 3 is 2.19 bits per heavy atom. The van der Waals surface area contributed by atoms with Crippen LogP contribution in [0.3, 0.4) is 0 Å². The molecule has 0 aliphatic carbocycles. The number of hydrogen-bond donors (Lipinski definition) is 1. The largest absolute Gasteiger partial charge is 0.354 e. The molecule has 5 heteroatoms. The summed E-state index contributed by atoms with van der Waals surface area (Å²) in [6, 6.07) is 13.1. The smallest absolute Gasteiger partial charge is 0.217 e. The fourth-order valence-electron chi connectivity index (χ4n) is 3.25. The van der Waals surface area contributed by atoms with Gasteiger partial charge < -0.3 is 10.2 Å². The number of benzene rings is 1. The molecule has 1 aromatic carbocycles. The van der Waals surface area contributed by atoms with E-state index < -0.39 is 0 Å². The van der Waals surface area contributed by atoms with E-state index in [-0.39, 0.29) is 13.3 Å². The number of hydrogen-bond acceptors (Lipinski definition) is 4. The molecule has 27 heavy (non-hydrogen) atoms. The molecular formula is C22H32N4O. The quantitative estimate of drug-likeness (QED) is 0.877. The van der Waals surface area contributed by atoms with Crippen molar-refractivity contribution < 1.29 is 4.79 Å². The Labute approximate surface area is 163 Å². The van der Waals surface area contributed by atoms with Gasteiger partial charge in [-0.1, -0.05) is 31.7 Å². The van der Waals surface area contributed by atoms with Crippen LogP contribution < -0.4 is 10.2 Å². The van der Waals surface area contributed by atoms with Crippen molar-refractivity contribution in [3.05, 3.63) is 48.2 Å². The van der Waals surface area contributed by atoms with Gasteiger partial charge in [-0.2, -0.15) is 0 Å². The zero-order valence-electron chi connectivity index (χ0n) is 15.9. The fraction of sp³-hybridized carbons (Fsp3) is 0.455. The predicted molar refractivity (Wildman–Crippen MR) is 113 cm³/mol. The number of pyridine rings is 1. The summed E-state index contributed by atoms with van der Waals surface area (Å²) >= 11 is 0. The number of nitrogens with zero attached hydrogens (tertiary/aromatic N) is 3. The summed E-state index contributed by atoms with van der Waals surface area (Å²) in [6.45, 7) is 10.9. The van der Waals surface area contributed by atoms with Gasteiger partial charge in [0, 0.05) is 57.4 Å². The Balaban J connectivity index is 0.00000261. The number of carbonyl (C=O) groups is 1. The summed E-state index contributed by atoms with van der Waals surface area (Å²) in [5, 5.41) is 2.81. The molecule has 1 saturated heterocycles. The topological polar surface area (TPSA) is 48.5 Å². The number of amides is 1. The maximum absolute atomic E-state index is 11.0. The Morgan fingerprint density at radius 1 is 1.04 bits per heavy atom. The molecule has 0 bridgehead atoms. The third kappa shape index (κ3) is 5.54. The third-order valence-electron chi connectivity index (χ3n) is 4.95. The number of piperazine rings is 1. The van der Waals surface area contributed by atoms with E-state index in [0.717, 1.165) is 48.7 Å². The second kappa shape index (κ2) is 9.51. The van der Waals surface area contributed by atoms with Crippen LogP contribution in [0.5, 0.6) is 0 Å². The van der Waals surface area contributed by atoms with Crippen LogP contribution in [0.15, 0.2) is 42.6 Å². The highest BCUT2D eigenvalue weighted by molar-refractivity contribution is 5.72. The fourth-order valence-corrected chi connectivity index (χ4v) is 3.25. The lowest BCUT2D eigenvalue weighted by Gasteiger charge is -2.37. The predicted octanol–water partition coefficient (Wildman–Crippen LogP) is 3.55. The van der Waals surface area contributed by atoms with E-state index in [1.807, 2.05) is 18.3 Å². The zero-order valence-corrected chi connectivity index (χ0v) is 15.9. The van der Waals surface area contributed by atoms with Gasteiger partial charge in [0.1, 0.15) is 5.82 Å². The summed E-state index contributed by atoms with van der Waals surface area (Å²) < 4.78 is 0. The average molecular weight is 369 g/mol. The minimum absolute atomic E-state index is 0. The molecule has 0 atom stereocenters. The number of nitrogens with one attached hydrogen (secondary N) is 1. The van der Waals surface area contributed by atoms with Crippen LogP contribution in [0.25, 0.3) is 11.1 Å². The van der Waals surface area contributed by atoms with Gasteiger partial charge in [-0.15, -0.1) is 0 Å². The highest BCUT2D eigenvalue weighted by Gasteiger charge is 2.19. The molecule has 2 aromatic rings. The van der Waals surface area contributed by atoms with Gasteiger partial charge in [-0.05, 0) is 37.1 Å². The molecular weight excluding hydrogens is 336 g/mol. The van der Waals surface area contributed by atoms with Gasteiger partial charge >= 0.3 is 0 Å². The Hall–Kier alpha value is -2.40. The van der Waals surface area contributed by atoms with Crippen LogP contribution >= 0.6 is 0 Å². The first-order valence-corrected chi connectivity index (χ1v) is 9.32. The van der Waals surface area contributed by atoms with Gasteiger partial charge in [0.2, 0.25) is 5.91 Å². The maximum atomic E-state index is 11.0. The summed E-state index contributed by atoms with van der Waals surface area (Å²) in [4.78, 5) is 20.5. The van der Waals surface area contributed by atoms with Gasteiger partial charge in [0.05, 0.1) is 0 Å². The zero-order chi connectivity index (χ0) is 18.5. The molecule has 0 radical (unpaired) electrons. The van der Waals surface area contributed by atoms with Crippen LogP contribution in [0.1, 0.15) is 33.8 Å². The molecule has 0 saturated carbocycles. The van der Waals surface area contributed by atoms with Gasteiger partial charge in [0.15, 0.2) is 0 Å². The van der Waals surface area contributed by atoms with Crippen molar-refractivity contribution in [3.63, 3.8) is 0 Å². The van der Waals surface area contributed by atoms with Crippen LogP contribution in [0.4, 0.5) is 5.82 Å². The molecule has 0 spiro atoms. The molecule has 1 fully saturated rings. The van der Waals surface area contributed by atoms with E-state index >= 15 is 0 Å². The molecule has 3 rings (SSSR count). The van der Waals surface area contributed by atoms with E-state index in [4.69, 9.17) is 0 Å². The lowest BCUT2D eigenvalue weighted by molar-refractivity contribution is -0.119. The number of carbonyl (C=O) groups excluding carboxylic acids is 1. The Bertz CT molecular complexity index is 717. The van der Waals surface area contributed by atoms with Crippen LogP contribution in [-0.4, -0.2) is 48.0 Å². The minimum Gasteiger partial charge on any atom is -0.354 e. The van der Waals surface area contributed by atoms with Gasteiger partial charge in [-0.3, -0.25) is 9.69 Å². The van der Waals surface area contributed by atoms with E-state index in [1.165, 1.54) is 6.92 Å². The SMILES string of the molecule is C.CC(=O)NCc1ccc(-c2ccc(N3CCN(C(C)C)CC3)nc2)cc1. The lowest BCUT2D eigenvalue weighted by Crippen LogP contribution is -2.49. The van der Waals surface area contributed by atoms with Gasteiger partial charge in [-0.25, -0.2) is 4.98 Å². The number of aromatic nitrogens is 1. The highest BCUT2D eigenvalue weighted by Crippen LogP contribution is 2.22. The summed E-state index contributed by atoms with van der Waals surface area (Å²) in [7, 11) is 0. The van der Waals surface area contributed by atoms with Crippen LogP contribution in [0, 0.1) is 0 Å². The molecule has 2 heterocycles. The summed E-state index contributed by atoms with van der Waals surface area (Å²) in [5.41, 5.74) is 3.34. The molecule has 5 nitrogen and oxygen atoms in total. The Kier molecular flexibility index (Phi) is 7.36. The van der Waals surface area contributed by atoms with Crippen LogP contribution in [0.2, 0.25) is 0 Å². The van der Waals surface area contributed by atoms with Crippen molar-refractivity contribution in [1.29, 1.82) is 0 Å². The first-order chi connectivity index (χ1) is 12.5. The molecule has 1 amide bonds. The number of anilines is 1. The van der Waals surface area contributed by atoms with E-state index in [1.54, 1.807) is 0 Å². The molecule has 1 aliphatic heterocycles. The number of rotatable bonds is 5. The third-order valence-corrected chi connectivity index (χ3v) is 4.95. The van der Waals surface area contributed by atoms with Crippen molar-refractivity contribution in [1.82, 2.24) is 15.2 Å². The van der Waals surface area contributed by atoms with Gasteiger partial charge in [0.25, 0.3) is 0 Å². The van der Waals surface area contributed by atoms with Crippen LogP contribution in [-0.2, 0) is 11.3 Å².